The number of methoxy groups -OCH3 is 1. The van der Waals surface area contributed by atoms with E-state index in [9.17, 15) is 9.59 Å². The number of thiazole rings is 1. The zero-order valence-corrected chi connectivity index (χ0v) is 16.0. The molecule has 2 aromatic heterocycles. The minimum Gasteiger partial charge on any atom is -0.496 e. The average Bonchev–Trinajstić information content (AvgIpc) is 3.15. The minimum absolute atomic E-state index is 0.0633. The van der Waals surface area contributed by atoms with Gasteiger partial charge in [0.2, 0.25) is 11.7 Å². The summed E-state index contributed by atoms with van der Waals surface area (Å²) in [5, 5.41) is 7.63. The number of ether oxygens (including phenoxy) is 1. The molecule has 28 heavy (non-hydrogen) atoms. The third kappa shape index (κ3) is 5.34. The number of hydrogen-bond donors (Lipinski definition) is 2. The molecule has 0 unspecified atom stereocenters. The summed E-state index contributed by atoms with van der Waals surface area (Å²) >= 11 is 1.25. The van der Waals surface area contributed by atoms with Gasteiger partial charge in [0.25, 0.3) is 5.91 Å². The number of nitrogens with one attached hydrogen (secondary N) is 2. The van der Waals surface area contributed by atoms with Crippen LogP contribution in [0.15, 0.2) is 48.1 Å². The van der Waals surface area contributed by atoms with Crippen LogP contribution in [-0.2, 0) is 17.6 Å². The number of rotatable bonds is 8. The largest absolute Gasteiger partial charge is 0.496 e. The molecule has 3 rings (SSSR count). The summed E-state index contributed by atoms with van der Waals surface area (Å²) in [6, 6.07) is 9.33. The van der Waals surface area contributed by atoms with Crippen LogP contribution in [0.4, 0.5) is 5.13 Å². The molecule has 0 aliphatic heterocycles. The van der Waals surface area contributed by atoms with Crippen molar-refractivity contribution in [3.63, 3.8) is 0 Å². The quantitative estimate of drug-likeness (QED) is 0.603. The molecular formula is C19H19N5O3S. The maximum Gasteiger partial charge on any atom is 0.295 e. The second-order valence-corrected chi connectivity index (χ2v) is 6.62. The summed E-state index contributed by atoms with van der Waals surface area (Å²) in [4.78, 5) is 36.2. The Labute approximate surface area is 166 Å². The molecule has 0 saturated carbocycles. The lowest BCUT2D eigenvalue weighted by Crippen LogP contribution is -2.27. The lowest BCUT2D eigenvalue weighted by atomic mass is 10.1. The number of para-hydroxylation sites is 1. The molecule has 3 aromatic rings. The first-order valence-electron chi connectivity index (χ1n) is 8.57. The fraction of sp³-hybridized carbons (Fsp3) is 0.211. The van der Waals surface area contributed by atoms with E-state index in [1.807, 2.05) is 24.3 Å². The van der Waals surface area contributed by atoms with Crippen LogP contribution >= 0.6 is 11.3 Å². The molecule has 0 atom stereocenters. The minimum atomic E-state index is -0.442. The molecule has 144 valence electrons. The van der Waals surface area contributed by atoms with Gasteiger partial charge in [-0.25, -0.2) is 15.0 Å². The monoisotopic (exact) mass is 397 g/mol. The Morgan fingerprint density at radius 2 is 1.93 bits per heavy atom. The van der Waals surface area contributed by atoms with Crippen molar-refractivity contribution in [1.82, 2.24) is 20.3 Å². The van der Waals surface area contributed by atoms with Crippen molar-refractivity contribution < 1.29 is 14.3 Å². The first-order chi connectivity index (χ1) is 13.7. The topological polar surface area (TPSA) is 106 Å². The normalized spacial score (nSPS) is 10.3. The van der Waals surface area contributed by atoms with Crippen LogP contribution in [0.3, 0.4) is 0 Å². The molecule has 1 aromatic carbocycles. The summed E-state index contributed by atoms with van der Waals surface area (Å²) in [6.45, 7) is 0.498. The Morgan fingerprint density at radius 3 is 2.71 bits per heavy atom. The van der Waals surface area contributed by atoms with Crippen LogP contribution in [0.1, 0.15) is 21.9 Å². The van der Waals surface area contributed by atoms with Crippen LogP contribution in [0.5, 0.6) is 5.75 Å². The van der Waals surface area contributed by atoms with Gasteiger partial charge in [-0.1, -0.05) is 18.2 Å². The first kappa shape index (κ1) is 19.4. The lowest BCUT2D eigenvalue weighted by molar-refractivity contribution is -0.120. The average molecular weight is 397 g/mol. The van der Waals surface area contributed by atoms with Crippen molar-refractivity contribution in [2.24, 2.45) is 0 Å². The van der Waals surface area contributed by atoms with Crippen molar-refractivity contribution in [3.05, 3.63) is 65.2 Å². The third-order valence-corrected chi connectivity index (χ3v) is 4.60. The molecule has 0 aliphatic carbocycles. The van der Waals surface area contributed by atoms with E-state index in [0.29, 0.717) is 23.8 Å². The van der Waals surface area contributed by atoms with Crippen LogP contribution < -0.4 is 15.4 Å². The molecule has 0 radical (unpaired) electrons. The predicted molar refractivity (Wildman–Crippen MR) is 106 cm³/mol. The number of benzene rings is 1. The summed E-state index contributed by atoms with van der Waals surface area (Å²) < 4.78 is 5.30. The predicted octanol–water partition coefficient (Wildman–Crippen LogP) is 2.10. The fourth-order valence-corrected chi connectivity index (χ4v) is 3.19. The first-order valence-corrected chi connectivity index (χ1v) is 9.45. The van der Waals surface area contributed by atoms with Crippen molar-refractivity contribution in [3.8, 4) is 5.75 Å². The van der Waals surface area contributed by atoms with Gasteiger partial charge in [-0.3, -0.25) is 14.9 Å². The summed E-state index contributed by atoms with van der Waals surface area (Å²) in [5.41, 5.74) is 1.62. The second kappa shape index (κ2) is 9.56. The van der Waals surface area contributed by atoms with Gasteiger partial charge in [0.15, 0.2) is 5.13 Å². The molecule has 0 saturated heterocycles. The van der Waals surface area contributed by atoms with Crippen molar-refractivity contribution in [2.45, 2.75) is 12.8 Å². The van der Waals surface area contributed by atoms with E-state index in [2.05, 4.69) is 25.6 Å². The molecule has 8 nitrogen and oxygen atoms in total. The zero-order valence-electron chi connectivity index (χ0n) is 15.2. The van der Waals surface area contributed by atoms with Gasteiger partial charge < -0.3 is 10.1 Å². The van der Waals surface area contributed by atoms with E-state index in [1.54, 1.807) is 18.6 Å². The smallest absolute Gasteiger partial charge is 0.295 e. The van der Waals surface area contributed by atoms with E-state index in [0.717, 1.165) is 11.3 Å². The van der Waals surface area contributed by atoms with Crippen LogP contribution in [0, 0.1) is 0 Å². The highest BCUT2D eigenvalue weighted by atomic mass is 32.1. The number of carbonyl (C=O) groups is 2. The maximum atomic E-state index is 12.1. The molecular weight excluding hydrogens is 378 g/mol. The molecule has 0 bridgehead atoms. The van der Waals surface area contributed by atoms with Gasteiger partial charge in [-0.15, -0.1) is 11.3 Å². The molecule has 0 fully saturated rings. The third-order valence-electron chi connectivity index (χ3n) is 3.79. The van der Waals surface area contributed by atoms with Gasteiger partial charge in [0.05, 0.1) is 19.2 Å². The number of nitrogens with zero attached hydrogens (tertiary/aromatic N) is 3. The Balaban J connectivity index is 1.47. The molecule has 0 aliphatic rings. The Hall–Kier alpha value is -3.33. The maximum absolute atomic E-state index is 12.1. The van der Waals surface area contributed by atoms with Gasteiger partial charge in [0, 0.05) is 24.3 Å². The van der Waals surface area contributed by atoms with Crippen molar-refractivity contribution in [2.75, 3.05) is 19.0 Å². The molecule has 2 amide bonds. The molecule has 2 N–H and O–H groups in total. The second-order valence-electron chi connectivity index (χ2n) is 5.76. The van der Waals surface area contributed by atoms with Crippen molar-refractivity contribution >= 4 is 28.3 Å². The van der Waals surface area contributed by atoms with E-state index < -0.39 is 5.91 Å². The highest BCUT2D eigenvalue weighted by molar-refractivity contribution is 7.14. The van der Waals surface area contributed by atoms with Gasteiger partial charge in [-0.2, -0.15) is 0 Å². The summed E-state index contributed by atoms with van der Waals surface area (Å²) in [7, 11) is 1.62. The van der Waals surface area contributed by atoms with Gasteiger partial charge in [0.1, 0.15) is 5.75 Å². The highest BCUT2D eigenvalue weighted by Gasteiger charge is 2.13. The van der Waals surface area contributed by atoms with Crippen molar-refractivity contribution in [1.29, 1.82) is 0 Å². The van der Waals surface area contributed by atoms with Gasteiger partial charge in [-0.05, 0) is 24.1 Å². The zero-order chi connectivity index (χ0) is 19.8. The number of carbonyl (C=O) groups excluding carboxylic acids is 2. The fourth-order valence-electron chi connectivity index (χ4n) is 2.49. The molecule has 0 spiro atoms. The number of amides is 2. The Bertz CT molecular complexity index is 946. The molecule has 9 heteroatoms. The van der Waals surface area contributed by atoms with E-state index in [1.165, 1.54) is 23.7 Å². The van der Waals surface area contributed by atoms with Gasteiger partial charge >= 0.3 is 0 Å². The SMILES string of the molecule is COc1ccccc1CCNC(=O)Cc1csc(NC(=O)c2ncccn2)n1. The number of aromatic nitrogens is 3. The Kier molecular flexibility index (Phi) is 6.64. The standard InChI is InChI=1S/C19H19N5O3S/c1-27-15-6-3-2-5-13(15)7-10-20-16(25)11-14-12-28-19(23-14)24-18(26)17-21-8-4-9-22-17/h2-6,8-9,12H,7,10-11H2,1H3,(H,20,25)(H,23,24,26). The van der Waals surface area contributed by atoms with E-state index in [-0.39, 0.29) is 18.2 Å². The van der Waals surface area contributed by atoms with E-state index >= 15 is 0 Å². The van der Waals surface area contributed by atoms with Crippen LogP contribution in [-0.4, -0.2) is 40.4 Å². The highest BCUT2D eigenvalue weighted by Crippen LogP contribution is 2.18. The summed E-state index contributed by atoms with van der Waals surface area (Å²) in [5.74, 6) is 0.291. The Morgan fingerprint density at radius 1 is 1.14 bits per heavy atom. The summed E-state index contributed by atoms with van der Waals surface area (Å²) in [6.07, 6.45) is 3.79. The molecule has 2 heterocycles. The van der Waals surface area contributed by atoms with Crippen LogP contribution in [0.2, 0.25) is 0 Å². The lowest BCUT2D eigenvalue weighted by Gasteiger charge is -2.08. The number of hydrogen-bond acceptors (Lipinski definition) is 7. The number of anilines is 1. The van der Waals surface area contributed by atoms with Crippen LogP contribution in [0.25, 0.3) is 0 Å². The van der Waals surface area contributed by atoms with E-state index in [4.69, 9.17) is 4.74 Å².